The Kier molecular flexibility index (Phi) is 7.38. The Morgan fingerprint density at radius 2 is 1.87 bits per heavy atom. The van der Waals surface area contributed by atoms with Crippen LogP contribution in [0, 0.1) is 0 Å². The molecular formula is C9H18F3NOS. The fraction of sp³-hybridized carbons (Fsp3) is 1.00. The molecule has 2 nitrogen and oxygen atoms in total. The van der Waals surface area contributed by atoms with Crippen molar-refractivity contribution >= 4 is 12.6 Å². The summed E-state index contributed by atoms with van der Waals surface area (Å²) in [5, 5.41) is 0. The van der Waals surface area contributed by atoms with E-state index in [9.17, 15) is 13.2 Å². The highest BCUT2D eigenvalue weighted by atomic mass is 32.1. The highest BCUT2D eigenvalue weighted by Gasteiger charge is 2.31. The first-order valence-corrected chi connectivity index (χ1v) is 5.49. The number of thiol groups is 1. The molecule has 6 heteroatoms. The zero-order valence-corrected chi connectivity index (χ0v) is 9.94. The van der Waals surface area contributed by atoms with Crippen LogP contribution in [0.3, 0.4) is 0 Å². The van der Waals surface area contributed by atoms with Gasteiger partial charge in [-0.05, 0) is 13.8 Å². The van der Waals surface area contributed by atoms with Crippen LogP contribution in [0.2, 0.25) is 0 Å². The third-order valence-corrected chi connectivity index (χ3v) is 2.05. The molecule has 0 radical (unpaired) electrons. The molecule has 0 atom stereocenters. The maximum atomic E-state index is 12.1. The summed E-state index contributed by atoms with van der Waals surface area (Å²) in [6.45, 7) is 3.68. The Labute approximate surface area is 94.2 Å². The Balaban J connectivity index is 3.84. The van der Waals surface area contributed by atoms with Gasteiger partial charge in [0.2, 0.25) is 0 Å². The number of nitrogens with zero attached hydrogens (tertiary/aromatic N) is 1. The summed E-state index contributed by atoms with van der Waals surface area (Å²) in [6.07, 6.45) is -4.15. The lowest BCUT2D eigenvalue weighted by Gasteiger charge is -2.27. The Bertz CT molecular complexity index is 164. The molecule has 0 unspecified atom stereocenters. The van der Waals surface area contributed by atoms with Crippen LogP contribution in [0.4, 0.5) is 13.2 Å². The van der Waals surface area contributed by atoms with Crippen molar-refractivity contribution in [1.29, 1.82) is 0 Å². The molecule has 0 aromatic heterocycles. The number of alkyl halides is 3. The topological polar surface area (TPSA) is 12.5 Å². The lowest BCUT2D eigenvalue weighted by molar-refractivity contribution is -0.151. The van der Waals surface area contributed by atoms with E-state index in [0.29, 0.717) is 25.5 Å². The van der Waals surface area contributed by atoms with Crippen LogP contribution in [0.15, 0.2) is 0 Å². The van der Waals surface area contributed by atoms with Crippen LogP contribution in [0.5, 0.6) is 0 Å². The summed E-state index contributed by atoms with van der Waals surface area (Å²) in [6, 6.07) is -0.133. The first-order valence-electron chi connectivity index (χ1n) is 4.86. The van der Waals surface area contributed by atoms with E-state index < -0.39 is 12.7 Å². The van der Waals surface area contributed by atoms with Crippen LogP contribution in [0.1, 0.15) is 13.8 Å². The zero-order chi connectivity index (χ0) is 11.9. The van der Waals surface area contributed by atoms with Crippen LogP contribution < -0.4 is 0 Å². The molecule has 0 aliphatic carbocycles. The van der Waals surface area contributed by atoms with Gasteiger partial charge in [-0.15, -0.1) is 0 Å². The van der Waals surface area contributed by atoms with Crippen molar-refractivity contribution < 1.29 is 17.9 Å². The largest absolute Gasteiger partial charge is 0.401 e. The average molecular weight is 245 g/mol. The minimum Gasteiger partial charge on any atom is -0.379 e. The first-order chi connectivity index (χ1) is 6.87. The SMILES string of the molecule is CC(C)N(CCOCCS)CC(F)(F)F. The van der Waals surface area contributed by atoms with Crippen molar-refractivity contribution in [3.05, 3.63) is 0 Å². The van der Waals surface area contributed by atoms with Gasteiger partial charge in [-0.3, -0.25) is 4.90 Å². The quantitative estimate of drug-likeness (QED) is 0.545. The van der Waals surface area contributed by atoms with E-state index in [-0.39, 0.29) is 6.04 Å². The number of hydrogen-bond donors (Lipinski definition) is 1. The van der Waals surface area contributed by atoms with Gasteiger partial charge in [0.05, 0.1) is 19.8 Å². The van der Waals surface area contributed by atoms with Crippen molar-refractivity contribution in [1.82, 2.24) is 4.90 Å². The fourth-order valence-corrected chi connectivity index (χ4v) is 1.23. The molecule has 0 bridgehead atoms. The van der Waals surface area contributed by atoms with E-state index in [1.807, 2.05) is 0 Å². The van der Waals surface area contributed by atoms with Gasteiger partial charge >= 0.3 is 6.18 Å². The van der Waals surface area contributed by atoms with Crippen molar-refractivity contribution in [2.45, 2.75) is 26.1 Å². The van der Waals surface area contributed by atoms with E-state index in [2.05, 4.69) is 12.6 Å². The standard InChI is InChI=1S/C9H18F3NOS/c1-8(2)13(7-9(10,11)12)3-4-14-5-6-15/h8,15H,3-7H2,1-2H3. The number of hydrogen-bond acceptors (Lipinski definition) is 3. The molecule has 0 aliphatic rings. The molecule has 0 rings (SSSR count). The summed E-state index contributed by atoms with van der Waals surface area (Å²) in [5.74, 6) is 0.584. The molecule has 0 heterocycles. The highest BCUT2D eigenvalue weighted by Crippen LogP contribution is 2.17. The molecule has 0 fully saturated rings. The van der Waals surface area contributed by atoms with Gasteiger partial charge in [0, 0.05) is 18.3 Å². The Morgan fingerprint density at radius 3 is 2.27 bits per heavy atom. The molecule has 0 aromatic carbocycles. The van der Waals surface area contributed by atoms with Crippen LogP contribution in [0.25, 0.3) is 0 Å². The minimum atomic E-state index is -4.15. The summed E-state index contributed by atoms with van der Waals surface area (Å²) in [7, 11) is 0. The van der Waals surface area contributed by atoms with Gasteiger partial charge in [0.1, 0.15) is 0 Å². The van der Waals surface area contributed by atoms with Crippen molar-refractivity contribution in [2.24, 2.45) is 0 Å². The predicted octanol–water partition coefficient (Wildman–Crippen LogP) is 2.21. The van der Waals surface area contributed by atoms with Gasteiger partial charge in [-0.25, -0.2) is 0 Å². The van der Waals surface area contributed by atoms with E-state index >= 15 is 0 Å². The maximum Gasteiger partial charge on any atom is 0.401 e. The molecule has 0 saturated heterocycles. The van der Waals surface area contributed by atoms with E-state index in [1.165, 1.54) is 4.90 Å². The first kappa shape index (κ1) is 15.1. The second-order valence-electron chi connectivity index (χ2n) is 3.52. The van der Waals surface area contributed by atoms with Crippen molar-refractivity contribution in [3.63, 3.8) is 0 Å². The summed E-state index contributed by atoms with van der Waals surface area (Å²) < 4.78 is 41.5. The maximum absolute atomic E-state index is 12.1. The van der Waals surface area contributed by atoms with E-state index in [1.54, 1.807) is 13.8 Å². The number of halogens is 3. The summed E-state index contributed by atoms with van der Waals surface area (Å²) >= 11 is 3.94. The van der Waals surface area contributed by atoms with Gasteiger partial charge in [-0.2, -0.15) is 25.8 Å². The van der Waals surface area contributed by atoms with Gasteiger partial charge in [0.25, 0.3) is 0 Å². The van der Waals surface area contributed by atoms with Crippen LogP contribution in [-0.2, 0) is 4.74 Å². The third-order valence-electron chi connectivity index (χ3n) is 1.87. The fourth-order valence-electron chi connectivity index (χ4n) is 1.10. The molecule has 0 aliphatic heterocycles. The van der Waals surface area contributed by atoms with Gasteiger partial charge < -0.3 is 4.74 Å². The highest BCUT2D eigenvalue weighted by molar-refractivity contribution is 7.80. The van der Waals surface area contributed by atoms with Crippen LogP contribution in [-0.4, -0.2) is 49.2 Å². The van der Waals surface area contributed by atoms with Crippen molar-refractivity contribution in [2.75, 3.05) is 32.1 Å². The second-order valence-corrected chi connectivity index (χ2v) is 3.96. The molecule has 15 heavy (non-hydrogen) atoms. The number of ether oxygens (including phenoxy) is 1. The lowest BCUT2D eigenvalue weighted by atomic mass is 10.3. The monoisotopic (exact) mass is 245 g/mol. The molecular weight excluding hydrogens is 227 g/mol. The Hall–Kier alpha value is 0.0600. The van der Waals surface area contributed by atoms with E-state index in [0.717, 1.165) is 0 Å². The second kappa shape index (κ2) is 7.35. The molecule has 0 amide bonds. The molecule has 92 valence electrons. The third kappa shape index (κ3) is 9.02. The van der Waals surface area contributed by atoms with Crippen molar-refractivity contribution in [3.8, 4) is 0 Å². The average Bonchev–Trinajstić information content (AvgIpc) is 2.08. The molecule has 0 spiro atoms. The minimum absolute atomic E-state index is 0.133. The molecule has 0 N–H and O–H groups in total. The lowest BCUT2D eigenvalue weighted by Crippen LogP contribution is -2.41. The smallest absolute Gasteiger partial charge is 0.379 e. The molecule has 0 saturated carbocycles. The summed E-state index contributed by atoms with van der Waals surface area (Å²) in [5.41, 5.74) is 0. The normalized spacial score (nSPS) is 12.8. The van der Waals surface area contributed by atoms with Gasteiger partial charge in [0.15, 0.2) is 0 Å². The predicted molar refractivity (Wildman–Crippen MR) is 57.4 cm³/mol. The number of rotatable bonds is 7. The summed E-state index contributed by atoms with van der Waals surface area (Å²) in [4.78, 5) is 1.35. The van der Waals surface area contributed by atoms with Gasteiger partial charge in [-0.1, -0.05) is 0 Å². The molecule has 0 aromatic rings. The van der Waals surface area contributed by atoms with Crippen LogP contribution >= 0.6 is 12.6 Å². The zero-order valence-electron chi connectivity index (χ0n) is 9.05. The van der Waals surface area contributed by atoms with E-state index in [4.69, 9.17) is 4.74 Å². The Morgan fingerprint density at radius 1 is 1.27 bits per heavy atom.